The van der Waals surface area contributed by atoms with Gasteiger partial charge in [-0.25, -0.2) is 0 Å². The minimum atomic E-state index is -0.483. The largest absolute Gasteiger partial charge is 0.275 e. The van der Waals surface area contributed by atoms with Crippen LogP contribution >= 0.6 is 34.5 Å². The molecular formula is C6H4Cl2OS. The van der Waals surface area contributed by atoms with Gasteiger partial charge in [0.25, 0.3) is 5.24 Å². The van der Waals surface area contributed by atoms with E-state index in [-0.39, 0.29) is 0 Å². The lowest BCUT2D eigenvalue weighted by molar-refractivity contribution is 0.108. The maximum Gasteiger partial charge on any atom is 0.263 e. The van der Waals surface area contributed by atoms with Gasteiger partial charge in [0, 0.05) is 4.88 Å². The molecule has 0 radical (unpaired) electrons. The van der Waals surface area contributed by atoms with Gasteiger partial charge in [-0.1, -0.05) is 11.6 Å². The van der Waals surface area contributed by atoms with Gasteiger partial charge in [0.2, 0.25) is 0 Å². The summed E-state index contributed by atoms with van der Waals surface area (Å²) in [7, 11) is 0. The van der Waals surface area contributed by atoms with Crippen LogP contribution in [-0.4, -0.2) is 5.24 Å². The molecule has 0 N–H and O–H groups in total. The lowest BCUT2D eigenvalue weighted by Crippen LogP contribution is -1.81. The van der Waals surface area contributed by atoms with Crippen LogP contribution in [0.2, 0.25) is 5.02 Å². The van der Waals surface area contributed by atoms with E-state index in [0.717, 1.165) is 4.88 Å². The van der Waals surface area contributed by atoms with Crippen molar-refractivity contribution < 1.29 is 4.79 Å². The summed E-state index contributed by atoms with van der Waals surface area (Å²) in [4.78, 5) is 12.0. The first-order chi connectivity index (χ1) is 4.61. The number of rotatable bonds is 1. The van der Waals surface area contributed by atoms with Crippen LogP contribution in [0.15, 0.2) is 6.07 Å². The third-order valence-corrected chi connectivity index (χ3v) is 2.75. The Bertz CT molecular complexity index is 267. The Balaban J connectivity index is 3.15. The summed E-state index contributed by atoms with van der Waals surface area (Å²) in [5.74, 6) is 0. The molecule has 1 aromatic rings. The highest BCUT2D eigenvalue weighted by molar-refractivity contribution is 7.16. The zero-order chi connectivity index (χ0) is 7.72. The van der Waals surface area contributed by atoms with E-state index in [2.05, 4.69) is 0 Å². The van der Waals surface area contributed by atoms with E-state index in [1.54, 1.807) is 6.07 Å². The summed E-state index contributed by atoms with van der Waals surface area (Å²) in [6.07, 6.45) is 0. The van der Waals surface area contributed by atoms with Gasteiger partial charge >= 0.3 is 0 Å². The van der Waals surface area contributed by atoms with Gasteiger partial charge in [-0.05, 0) is 24.6 Å². The van der Waals surface area contributed by atoms with Crippen molar-refractivity contribution >= 4 is 39.8 Å². The molecule has 1 aromatic heterocycles. The minimum Gasteiger partial charge on any atom is -0.275 e. The highest BCUT2D eigenvalue weighted by atomic mass is 35.5. The van der Waals surface area contributed by atoms with E-state index in [4.69, 9.17) is 23.2 Å². The number of hydrogen-bond acceptors (Lipinski definition) is 2. The summed E-state index contributed by atoms with van der Waals surface area (Å²) < 4.78 is 0. The molecule has 54 valence electrons. The Kier molecular flexibility index (Phi) is 2.34. The lowest BCUT2D eigenvalue weighted by Gasteiger charge is -1.83. The van der Waals surface area contributed by atoms with E-state index < -0.39 is 5.24 Å². The van der Waals surface area contributed by atoms with Crippen molar-refractivity contribution in [3.63, 3.8) is 0 Å². The highest BCUT2D eigenvalue weighted by Gasteiger charge is 2.09. The Morgan fingerprint density at radius 3 is 2.50 bits per heavy atom. The smallest absolute Gasteiger partial charge is 0.263 e. The molecule has 10 heavy (non-hydrogen) atoms. The molecule has 0 amide bonds. The van der Waals surface area contributed by atoms with E-state index in [1.165, 1.54) is 11.3 Å². The summed E-state index contributed by atoms with van der Waals surface area (Å²) in [5.41, 5.74) is 0. The van der Waals surface area contributed by atoms with Crippen molar-refractivity contribution in [3.05, 3.63) is 20.8 Å². The van der Waals surface area contributed by atoms with Crippen LogP contribution in [0.5, 0.6) is 0 Å². The molecule has 1 nitrogen and oxygen atoms in total. The molecule has 0 bridgehead atoms. The average Bonchev–Trinajstić information content (AvgIpc) is 2.10. The Morgan fingerprint density at radius 2 is 2.30 bits per heavy atom. The molecule has 0 saturated heterocycles. The first-order valence-electron chi connectivity index (χ1n) is 2.57. The fourth-order valence-corrected chi connectivity index (χ4v) is 2.05. The fourth-order valence-electron chi connectivity index (χ4n) is 0.617. The molecule has 0 unspecified atom stereocenters. The normalized spacial score (nSPS) is 9.90. The second kappa shape index (κ2) is 2.91. The number of hydrogen-bond donors (Lipinski definition) is 0. The monoisotopic (exact) mass is 194 g/mol. The predicted molar refractivity (Wildman–Crippen MR) is 44.2 cm³/mol. The van der Waals surface area contributed by atoms with Crippen LogP contribution in [0.25, 0.3) is 0 Å². The fraction of sp³-hybridized carbons (Fsp3) is 0.167. The van der Waals surface area contributed by atoms with Crippen LogP contribution in [0.4, 0.5) is 0 Å². The van der Waals surface area contributed by atoms with E-state index >= 15 is 0 Å². The molecule has 0 atom stereocenters. The van der Waals surface area contributed by atoms with Gasteiger partial charge in [0.05, 0.1) is 5.02 Å². The molecule has 0 aliphatic carbocycles. The van der Waals surface area contributed by atoms with Gasteiger partial charge in [0.1, 0.15) is 4.88 Å². The summed E-state index contributed by atoms with van der Waals surface area (Å²) in [6, 6.07) is 1.72. The zero-order valence-corrected chi connectivity index (χ0v) is 7.48. The highest BCUT2D eigenvalue weighted by Crippen LogP contribution is 2.27. The van der Waals surface area contributed by atoms with Crippen molar-refractivity contribution in [1.29, 1.82) is 0 Å². The van der Waals surface area contributed by atoms with Crippen LogP contribution in [0, 0.1) is 6.92 Å². The van der Waals surface area contributed by atoms with Gasteiger partial charge in [0.15, 0.2) is 0 Å². The van der Waals surface area contributed by atoms with E-state index in [9.17, 15) is 4.79 Å². The Labute approximate surface area is 72.6 Å². The molecule has 0 spiro atoms. The Hall–Kier alpha value is -0.0500. The van der Waals surface area contributed by atoms with Crippen molar-refractivity contribution in [3.8, 4) is 0 Å². The van der Waals surface area contributed by atoms with Gasteiger partial charge in [-0.15, -0.1) is 11.3 Å². The number of halogens is 2. The molecule has 4 heteroatoms. The first kappa shape index (κ1) is 8.05. The van der Waals surface area contributed by atoms with Crippen molar-refractivity contribution in [2.75, 3.05) is 0 Å². The lowest BCUT2D eigenvalue weighted by atomic mass is 10.4. The number of aryl methyl sites for hydroxylation is 1. The van der Waals surface area contributed by atoms with Crippen LogP contribution in [0.3, 0.4) is 0 Å². The third kappa shape index (κ3) is 1.51. The molecule has 1 rings (SSSR count). The quantitative estimate of drug-likeness (QED) is 0.629. The standard InChI is InChI=1S/C6H4Cl2OS/c1-3-2-4(7)5(10-3)6(8)9/h2H,1H3. The SMILES string of the molecule is Cc1cc(Cl)c(C(=O)Cl)s1. The molecule has 0 saturated carbocycles. The molecule has 1 heterocycles. The topological polar surface area (TPSA) is 17.1 Å². The van der Waals surface area contributed by atoms with Gasteiger partial charge in [-0.3, -0.25) is 4.79 Å². The zero-order valence-electron chi connectivity index (χ0n) is 5.15. The van der Waals surface area contributed by atoms with Crippen LogP contribution in [-0.2, 0) is 0 Å². The van der Waals surface area contributed by atoms with Gasteiger partial charge in [-0.2, -0.15) is 0 Å². The van der Waals surface area contributed by atoms with E-state index in [0.29, 0.717) is 9.90 Å². The van der Waals surface area contributed by atoms with Crippen molar-refractivity contribution in [2.24, 2.45) is 0 Å². The molecule has 0 aliphatic rings. The van der Waals surface area contributed by atoms with Crippen molar-refractivity contribution in [2.45, 2.75) is 6.92 Å². The summed E-state index contributed by atoms with van der Waals surface area (Å²) in [5, 5.41) is -0.0365. The Morgan fingerprint density at radius 1 is 1.70 bits per heavy atom. The molecule has 0 fully saturated rings. The molecule has 0 aromatic carbocycles. The van der Waals surface area contributed by atoms with Crippen LogP contribution < -0.4 is 0 Å². The summed E-state index contributed by atoms with van der Waals surface area (Å²) >= 11 is 12.2. The average molecular weight is 195 g/mol. The summed E-state index contributed by atoms with van der Waals surface area (Å²) in [6.45, 7) is 1.87. The minimum absolute atomic E-state index is 0.431. The maximum absolute atomic E-state index is 10.6. The molecular weight excluding hydrogens is 191 g/mol. The molecule has 0 aliphatic heterocycles. The first-order valence-corrected chi connectivity index (χ1v) is 4.14. The predicted octanol–water partition coefficient (Wildman–Crippen LogP) is 3.09. The van der Waals surface area contributed by atoms with Crippen molar-refractivity contribution in [1.82, 2.24) is 0 Å². The number of thiophene rings is 1. The maximum atomic E-state index is 10.6. The van der Waals surface area contributed by atoms with Crippen LogP contribution in [0.1, 0.15) is 14.5 Å². The number of carbonyl (C=O) groups is 1. The van der Waals surface area contributed by atoms with Gasteiger partial charge < -0.3 is 0 Å². The second-order valence-corrected chi connectivity index (χ2v) is 3.81. The third-order valence-electron chi connectivity index (χ3n) is 0.988. The van der Waals surface area contributed by atoms with E-state index in [1.807, 2.05) is 6.92 Å². The number of carbonyl (C=O) groups excluding carboxylic acids is 1. The second-order valence-electron chi connectivity index (χ2n) is 1.81.